The van der Waals surface area contributed by atoms with E-state index in [1.165, 1.54) is 10.5 Å². The fourth-order valence-electron chi connectivity index (χ4n) is 1.65. The van der Waals surface area contributed by atoms with E-state index >= 15 is 0 Å². The molecule has 16 heavy (non-hydrogen) atoms. The number of benzene rings is 1. The van der Waals surface area contributed by atoms with Crippen molar-refractivity contribution in [2.75, 3.05) is 12.8 Å². The van der Waals surface area contributed by atoms with Crippen molar-refractivity contribution in [2.45, 2.75) is 38.6 Å². The topological polar surface area (TPSA) is 12.0 Å². The number of nitrogens with one attached hydrogen (secondary N) is 1. The van der Waals surface area contributed by atoms with Crippen LogP contribution in [0.3, 0.4) is 0 Å². The van der Waals surface area contributed by atoms with Crippen molar-refractivity contribution in [1.82, 2.24) is 5.32 Å². The van der Waals surface area contributed by atoms with Gasteiger partial charge in [0.15, 0.2) is 0 Å². The molecule has 0 bridgehead atoms. The summed E-state index contributed by atoms with van der Waals surface area (Å²) in [5.41, 5.74) is 1.65. The summed E-state index contributed by atoms with van der Waals surface area (Å²) in [4.78, 5) is 1.37. The zero-order valence-electron chi connectivity index (χ0n) is 11.0. The Labute approximate surface area is 104 Å². The van der Waals surface area contributed by atoms with Crippen LogP contribution in [-0.4, -0.2) is 18.8 Å². The first kappa shape index (κ1) is 13.6. The first-order valence-corrected chi connectivity index (χ1v) is 6.79. The molecule has 1 nitrogen and oxygen atoms in total. The van der Waals surface area contributed by atoms with E-state index in [1.807, 2.05) is 18.8 Å². The highest BCUT2D eigenvalue weighted by Gasteiger charge is 2.22. The highest BCUT2D eigenvalue weighted by atomic mass is 32.2. The van der Waals surface area contributed by atoms with Crippen LogP contribution < -0.4 is 5.32 Å². The number of rotatable bonds is 4. The SMILES string of the molecule is CNC(CSc1cccc(C)c1)C(C)(C)C. The minimum atomic E-state index is 0.311. The third-order valence-corrected chi connectivity index (χ3v) is 3.89. The summed E-state index contributed by atoms with van der Waals surface area (Å²) in [6.07, 6.45) is 0. The van der Waals surface area contributed by atoms with Gasteiger partial charge in [-0.25, -0.2) is 0 Å². The number of hydrogen-bond donors (Lipinski definition) is 1. The van der Waals surface area contributed by atoms with Crippen molar-refractivity contribution in [3.8, 4) is 0 Å². The molecule has 0 aliphatic rings. The Kier molecular flexibility index (Phi) is 4.88. The maximum atomic E-state index is 3.41. The average molecular weight is 237 g/mol. The van der Waals surface area contributed by atoms with Crippen LogP contribution in [-0.2, 0) is 0 Å². The van der Waals surface area contributed by atoms with Gasteiger partial charge in [-0.05, 0) is 31.5 Å². The molecular formula is C14H23NS. The normalized spacial score (nSPS) is 13.8. The first-order chi connectivity index (χ1) is 7.43. The van der Waals surface area contributed by atoms with Gasteiger partial charge in [0.05, 0.1) is 0 Å². The maximum absolute atomic E-state index is 3.41. The van der Waals surface area contributed by atoms with E-state index in [0.29, 0.717) is 11.5 Å². The van der Waals surface area contributed by atoms with E-state index in [0.717, 1.165) is 5.75 Å². The summed E-state index contributed by atoms with van der Waals surface area (Å²) in [5, 5.41) is 3.41. The van der Waals surface area contributed by atoms with E-state index in [1.54, 1.807) is 0 Å². The predicted octanol–water partition coefficient (Wildman–Crippen LogP) is 3.72. The quantitative estimate of drug-likeness (QED) is 0.801. The molecule has 0 amide bonds. The molecule has 1 N–H and O–H groups in total. The lowest BCUT2D eigenvalue weighted by atomic mass is 9.88. The Morgan fingerprint density at radius 1 is 1.31 bits per heavy atom. The van der Waals surface area contributed by atoms with Gasteiger partial charge in [0.2, 0.25) is 0 Å². The van der Waals surface area contributed by atoms with Gasteiger partial charge < -0.3 is 5.32 Å². The van der Waals surface area contributed by atoms with Gasteiger partial charge in [0.1, 0.15) is 0 Å². The van der Waals surface area contributed by atoms with Gasteiger partial charge in [0.25, 0.3) is 0 Å². The molecule has 1 aromatic carbocycles. The van der Waals surface area contributed by atoms with Crippen LogP contribution in [0.1, 0.15) is 26.3 Å². The highest BCUT2D eigenvalue weighted by Crippen LogP contribution is 2.26. The van der Waals surface area contributed by atoms with Gasteiger partial charge in [0, 0.05) is 16.7 Å². The Morgan fingerprint density at radius 2 is 2.00 bits per heavy atom. The largest absolute Gasteiger partial charge is 0.316 e. The smallest absolute Gasteiger partial charge is 0.0207 e. The molecule has 0 heterocycles. The number of hydrogen-bond acceptors (Lipinski definition) is 2. The van der Waals surface area contributed by atoms with Crippen molar-refractivity contribution < 1.29 is 0 Å². The minimum absolute atomic E-state index is 0.311. The molecular weight excluding hydrogens is 214 g/mol. The van der Waals surface area contributed by atoms with Crippen molar-refractivity contribution in [1.29, 1.82) is 0 Å². The van der Waals surface area contributed by atoms with Crippen molar-refractivity contribution >= 4 is 11.8 Å². The summed E-state index contributed by atoms with van der Waals surface area (Å²) in [6, 6.07) is 9.25. The Morgan fingerprint density at radius 3 is 2.50 bits per heavy atom. The van der Waals surface area contributed by atoms with Gasteiger partial charge in [-0.15, -0.1) is 11.8 Å². The Balaban J connectivity index is 2.56. The second-order valence-corrected chi connectivity index (χ2v) is 6.43. The second kappa shape index (κ2) is 5.74. The maximum Gasteiger partial charge on any atom is 0.0207 e. The van der Waals surface area contributed by atoms with E-state index < -0.39 is 0 Å². The molecule has 2 heteroatoms. The molecule has 0 spiro atoms. The van der Waals surface area contributed by atoms with E-state index in [9.17, 15) is 0 Å². The average Bonchev–Trinajstić information content (AvgIpc) is 2.16. The van der Waals surface area contributed by atoms with Crippen molar-refractivity contribution in [3.63, 3.8) is 0 Å². The number of thioether (sulfide) groups is 1. The van der Waals surface area contributed by atoms with Gasteiger partial charge in [-0.1, -0.05) is 38.5 Å². The van der Waals surface area contributed by atoms with Crippen LogP contribution in [0.5, 0.6) is 0 Å². The summed E-state index contributed by atoms with van der Waals surface area (Å²) >= 11 is 1.93. The van der Waals surface area contributed by atoms with Crippen LogP contribution in [0, 0.1) is 12.3 Å². The third-order valence-electron chi connectivity index (χ3n) is 2.80. The van der Waals surface area contributed by atoms with Gasteiger partial charge >= 0.3 is 0 Å². The molecule has 0 aliphatic carbocycles. The van der Waals surface area contributed by atoms with Crippen LogP contribution in [0.25, 0.3) is 0 Å². The Hall–Kier alpha value is -0.470. The number of aryl methyl sites for hydroxylation is 1. The van der Waals surface area contributed by atoms with Gasteiger partial charge in [-0.2, -0.15) is 0 Å². The monoisotopic (exact) mass is 237 g/mol. The molecule has 0 saturated carbocycles. The van der Waals surface area contributed by atoms with E-state index in [4.69, 9.17) is 0 Å². The zero-order chi connectivity index (χ0) is 12.2. The molecule has 90 valence electrons. The fourth-order valence-corrected chi connectivity index (χ4v) is 3.12. The van der Waals surface area contributed by atoms with E-state index in [2.05, 4.69) is 57.3 Å². The lowest BCUT2D eigenvalue weighted by Gasteiger charge is -2.30. The molecule has 0 saturated heterocycles. The van der Waals surface area contributed by atoms with Crippen molar-refractivity contribution in [2.24, 2.45) is 5.41 Å². The summed E-state index contributed by atoms with van der Waals surface area (Å²) in [7, 11) is 2.05. The minimum Gasteiger partial charge on any atom is -0.316 e. The second-order valence-electron chi connectivity index (χ2n) is 5.33. The van der Waals surface area contributed by atoms with Crippen LogP contribution in [0.2, 0.25) is 0 Å². The molecule has 0 radical (unpaired) electrons. The lowest BCUT2D eigenvalue weighted by Crippen LogP contribution is -2.40. The van der Waals surface area contributed by atoms with Crippen LogP contribution >= 0.6 is 11.8 Å². The third kappa shape index (κ3) is 4.18. The highest BCUT2D eigenvalue weighted by molar-refractivity contribution is 7.99. The molecule has 1 rings (SSSR count). The Bertz CT molecular complexity index is 328. The summed E-state index contributed by atoms with van der Waals surface area (Å²) in [6.45, 7) is 8.99. The summed E-state index contributed by atoms with van der Waals surface area (Å²) in [5.74, 6) is 1.11. The van der Waals surface area contributed by atoms with Crippen LogP contribution in [0.4, 0.5) is 0 Å². The first-order valence-electron chi connectivity index (χ1n) is 5.80. The zero-order valence-corrected chi connectivity index (χ0v) is 11.8. The molecule has 1 unspecified atom stereocenters. The van der Waals surface area contributed by atoms with Crippen LogP contribution in [0.15, 0.2) is 29.2 Å². The molecule has 0 aromatic heterocycles. The van der Waals surface area contributed by atoms with E-state index in [-0.39, 0.29) is 0 Å². The van der Waals surface area contributed by atoms with Crippen molar-refractivity contribution in [3.05, 3.63) is 29.8 Å². The standard InChI is InChI=1S/C14H23NS/c1-11-7-6-8-12(9-11)16-10-13(15-5)14(2,3)4/h6-9,13,15H,10H2,1-5H3. The molecule has 1 atom stereocenters. The molecule has 1 aromatic rings. The fraction of sp³-hybridized carbons (Fsp3) is 0.571. The molecule has 0 fully saturated rings. The predicted molar refractivity (Wildman–Crippen MR) is 74.2 cm³/mol. The van der Waals surface area contributed by atoms with Gasteiger partial charge in [-0.3, -0.25) is 0 Å². The summed E-state index contributed by atoms with van der Waals surface area (Å²) < 4.78 is 0. The molecule has 0 aliphatic heterocycles. The lowest BCUT2D eigenvalue weighted by molar-refractivity contribution is 0.305.